The van der Waals surface area contributed by atoms with Gasteiger partial charge in [0.1, 0.15) is 0 Å². The predicted octanol–water partition coefficient (Wildman–Crippen LogP) is 20.1. The van der Waals surface area contributed by atoms with Crippen molar-refractivity contribution in [3.05, 3.63) is 228 Å². The van der Waals surface area contributed by atoms with Gasteiger partial charge >= 0.3 is 0 Å². The summed E-state index contributed by atoms with van der Waals surface area (Å²) in [5.74, 6) is 1.89. The number of fused-ring (bicyclic) bond motifs is 4. The standard InChI is InChI=1S/C81H86BN5/c1-76(2,3)58-33-25-31-55(39-58)73-83-74(56-32-26-34-59(40-56)77(4,5)6)85-75(84-73)57-43-70-72-71(44-57)87(65-49-62(80(13,14)15)46-63(50-65)81(16,17)18)69-38-36-54(52-29-23-20-24-30-52)42-67(69)82(72)66-41-53(51-27-21-19-22-28-51)35-37-68(66)86(70)64-47-60(78(7,8)9)45-61(48-64)79(10,11)12/h19-50H,1-18H3. The molecule has 0 amide bonds. The molecule has 87 heavy (non-hydrogen) atoms. The number of rotatable bonds is 7. The zero-order chi connectivity index (χ0) is 61.9. The molecule has 0 aliphatic carbocycles. The van der Waals surface area contributed by atoms with Crippen LogP contribution in [0.25, 0.3) is 56.4 Å². The van der Waals surface area contributed by atoms with Gasteiger partial charge in [0.05, 0.1) is 0 Å². The summed E-state index contributed by atoms with van der Waals surface area (Å²) in [5, 5.41) is 0. The first-order chi connectivity index (χ1) is 40.9. The second-order valence-electron chi connectivity index (χ2n) is 30.8. The average Bonchev–Trinajstić information content (AvgIpc) is 0.703. The van der Waals surface area contributed by atoms with E-state index in [9.17, 15) is 0 Å². The monoisotopic (exact) mass is 1140 g/mol. The van der Waals surface area contributed by atoms with Crippen LogP contribution in [-0.4, -0.2) is 21.7 Å². The lowest BCUT2D eigenvalue weighted by Gasteiger charge is -2.45. The van der Waals surface area contributed by atoms with E-state index in [1.807, 2.05) is 0 Å². The molecule has 0 spiro atoms. The molecule has 6 heteroatoms. The molecule has 0 bridgehead atoms. The Bertz CT molecular complexity index is 3950. The maximum Gasteiger partial charge on any atom is 0.252 e. The van der Waals surface area contributed by atoms with Gasteiger partial charge in [-0.2, -0.15) is 0 Å². The Balaban J connectivity index is 1.26. The van der Waals surface area contributed by atoms with Crippen LogP contribution in [0.4, 0.5) is 34.1 Å². The minimum absolute atomic E-state index is 0.0923. The largest absolute Gasteiger partial charge is 0.311 e. The second kappa shape index (κ2) is 21.2. The first-order valence-corrected chi connectivity index (χ1v) is 31.4. The molecular formula is C81H86BN5. The van der Waals surface area contributed by atoms with Crippen LogP contribution in [0.5, 0.6) is 0 Å². The summed E-state index contributed by atoms with van der Waals surface area (Å²) in [5.41, 5.74) is 24.8. The molecule has 5 nitrogen and oxygen atoms in total. The second-order valence-corrected chi connectivity index (χ2v) is 30.8. The number of benzene rings is 9. The van der Waals surface area contributed by atoms with Crippen molar-refractivity contribution in [2.45, 2.75) is 157 Å². The van der Waals surface area contributed by atoms with E-state index < -0.39 is 0 Å². The summed E-state index contributed by atoms with van der Waals surface area (Å²) in [4.78, 5) is 21.9. The van der Waals surface area contributed by atoms with Gasteiger partial charge in [0, 0.05) is 50.8 Å². The van der Waals surface area contributed by atoms with E-state index in [0.29, 0.717) is 17.5 Å². The average molecular weight is 1140 g/mol. The molecule has 12 rings (SSSR count). The molecule has 0 N–H and O–H groups in total. The van der Waals surface area contributed by atoms with Crippen molar-refractivity contribution >= 4 is 57.2 Å². The molecule has 0 saturated heterocycles. The quantitative estimate of drug-likeness (QED) is 0.149. The highest BCUT2D eigenvalue weighted by Gasteiger charge is 2.45. The Morgan fingerprint density at radius 3 is 0.908 bits per heavy atom. The maximum absolute atomic E-state index is 5.66. The Labute approximate surface area is 520 Å². The van der Waals surface area contributed by atoms with Crippen LogP contribution in [0, 0.1) is 0 Å². The van der Waals surface area contributed by atoms with Crippen LogP contribution in [0.2, 0.25) is 0 Å². The molecule has 2 aliphatic heterocycles. The highest BCUT2D eigenvalue weighted by atomic mass is 15.2. The van der Waals surface area contributed by atoms with E-state index >= 15 is 0 Å². The van der Waals surface area contributed by atoms with Gasteiger partial charge in [-0.05, 0) is 165 Å². The summed E-state index contributed by atoms with van der Waals surface area (Å²) in [6.07, 6.45) is 0. The Morgan fingerprint density at radius 2 is 0.575 bits per heavy atom. The van der Waals surface area contributed by atoms with Crippen molar-refractivity contribution in [1.29, 1.82) is 0 Å². The summed E-state index contributed by atoms with van der Waals surface area (Å²) in [7, 11) is 0. The predicted molar refractivity (Wildman–Crippen MR) is 373 cm³/mol. The first-order valence-electron chi connectivity index (χ1n) is 31.4. The number of anilines is 6. The fourth-order valence-corrected chi connectivity index (χ4v) is 12.5. The highest BCUT2D eigenvalue weighted by molar-refractivity contribution is 7.00. The Kier molecular flexibility index (Phi) is 14.4. The van der Waals surface area contributed by atoms with Crippen molar-refractivity contribution in [3.8, 4) is 56.4 Å². The van der Waals surface area contributed by atoms with E-state index in [4.69, 9.17) is 15.0 Å². The van der Waals surface area contributed by atoms with Crippen LogP contribution in [0.1, 0.15) is 158 Å². The van der Waals surface area contributed by atoms with E-state index in [2.05, 4.69) is 329 Å². The van der Waals surface area contributed by atoms with Crippen LogP contribution in [0.3, 0.4) is 0 Å². The number of hydrogen-bond acceptors (Lipinski definition) is 5. The molecule has 0 fully saturated rings. The van der Waals surface area contributed by atoms with Crippen LogP contribution < -0.4 is 26.2 Å². The van der Waals surface area contributed by atoms with Gasteiger partial charge in [-0.15, -0.1) is 0 Å². The third-order valence-electron chi connectivity index (χ3n) is 18.0. The molecular weight excluding hydrogens is 1050 g/mol. The van der Waals surface area contributed by atoms with Crippen molar-refractivity contribution in [1.82, 2.24) is 15.0 Å². The van der Waals surface area contributed by atoms with Gasteiger partial charge in [-0.25, -0.2) is 15.0 Å². The van der Waals surface area contributed by atoms with E-state index in [-0.39, 0.29) is 39.2 Å². The number of nitrogens with zero attached hydrogens (tertiary/aromatic N) is 5. The molecule has 438 valence electrons. The fraction of sp³-hybridized carbons (Fsp3) is 0.296. The minimum atomic E-state index is -0.181. The van der Waals surface area contributed by atoms with Gasteiger partial charge in [-0.3, -0.25) is 0 Å². The van der Waals surface area contributed by atoms with Gasteiger partial charge < -0.3 is 9.80 Å². The summed E-state index contributed by atoms with van der Waals surface area (Å²) >= 11 is 0. The third-order valence-corrected chi connectivity index (χ3v) is 18.0. The molecule has 9 aromatic carbocycles. The fourth-order valence-electron chi connectivity index (χ4n) is 12.5. The number of aromatic nitrogens is 3. The highest BCUT2D eigenvalue weighted by Crippen LogP contribution is 2.49. The molecule has 3 heterocycles. The molecule has 0 saturated carbocycles. The molecule has 2 aliphatic rings. The lowest BCUT2D eigenvalue weighted by atomic mass is 9.33. The maximum atomic E-state index is 5.66. The third kappa shape index (κ3) is 11.4. The smallest absolute Gasteiger partial charge is 0.252 e. The zero-order valence-corrected chi connectivity index (χ0v) is 54.8. The zero-order valence-electron chi connectivity index (χ0n) is 54.8. The molecule has 0 atom stereocenters. The summed E-state index contributed by atoms with van der Waals surface area (Å²) in [6.45, 7) is 41.5. The first kappa shape index (κ1) is 59.0. The van der Waals surface area contributed by atoms with Gasteiger partial charge in [-0.1, -0.05) is 258 Å². The van der Waals surface area contributed by atoms with Crippen molar-refractivity contribution in [3.63, 3.8) is 0 Å². The van der Waals surface area contributed by atoms with Gasteiger partial charge in [0.15, 0.2) is 17.5 Å². The normalized spacial score (nSPS) is 13.6. The summed E-state index contributed by atoms with van der Waals surface area (Å²) in [6, 6.07) is 73.3. The molecule has 0 unspecified atom stereocenters. The van der Waals surface area contributed by atoms with Crippen molar-refractivity contribution in [2.24, 2.45) is 0 Å². The van der Waals surface area contributed by atoms with Crippen LogP contribution in [-0.2, 0) is 32.5 Å². The number of hydrogen-bond donors (Lipinski definition) is 0. The topological polar surface area (TPSA) is 45.2 Å². The molecule has 10 aromatic rings. The minimum Gasteiger partial charge on any atom is -0.311 e. The van der Waals surface area contributed by atoms with Crippen molar-refractivity contribution < 1.29 is 0 Å². The Hall–Kier alpha value is -8.35. The molecule has 0 radical (unpaired) electrons. The SMILES string of the molecule is CC(C)(C)c1cccc(-c2nc(-c3cccc(C(C)(C)C)c3)nc(-c3cc4c5c(c3)N(c3cc(C(C)(C)C)cc(C(C)(C)C)c3)c3ccc(-c6ccccc6)cc3B5c3cc(-c5ccccc5)ccc3N4c3cc(C(C)(C)C)cc(C(C)(C)C)c3)n2)c1. The van der Waals surface area contributed by atoms with E-state index in [1.165, 1.54) is 72.0 Å². The summed E-state index contributed by atoms with van der Waals surface area (Å²) < 4.78 is 0. The van der Waals surface area contributed by atoms with E-state index in [0.717, 1.165) is 50.8 Å². The van der Waals surface area contributed by atoms with Gasteiger partial charge in [0.25, 0.3) is 6.71 Å². The van der Waals surface area contributed by atoms with Crippen LogP contribution in [0.15, 0.2) is 194 Å². The van der Waals surface area contributed by atoms with Crippen molar-refractivity contribution in [2.75, 3.05) is 9.80 Å². The Morgan fingerprint density at radius 1 is 0.253 bits per heavy atom. The molecule has 1 aromatic heterocycles. The van der Waals surface area contributed by atoms with Gasteiger partial charge in [0.2, 0.25) is 0 Å². The lowest BCUT2D eigenvalue weighted by molar-refractivity contribution is 0.568. The van der Waals surface area contributed by atoms with Crippen LogP contribution >= 0.6 is 0 Å². The van der Waals surface area contributed by atoms with E-state index in [1.54, 1.807) is 0 Å². The lowest BCUT2D eigenvalue weighted by Crippen LogP contribution is -2.61.